The standard InChI is InChI=1S/C24H28N6/c1-5-19-17(3)21-11-22-18(4)20(6-2)24(26-22)13-28-8-10-30(15-28)16-29-9-7-27(14-29)12-23(19)25-21/h7-11,25H,5-6,12-13,16H2,1-4H3/b22-11-. The molecule has 5 heterocycles. The maximum Gasteiger partial charge on any atom is 0.209 e. The Labute approximate surface area is 179 Å². The van der Waals surface area contributed by atoms with Crippen molar-refractivity contribution in [2.75, 3.05) is 13.2 Å². The number of nitrogens with one attached hydrogen (secondary N) is 1. The molecular formula is C24H28N6. The molecule has 8 bridgehead atoms. The van der Waals surface area contributed by atoms with Crippen molar-refractivity contribution >= 4 is 11.8 Å². The third-order valence-corrected chi connectivity index (χ3v) is 6.26. The zero-order valence-electron chi connectivity index (χ0n) is 18.2. The van der Waals surface area contributed by atoms with Crippen molar-refractivity contribution in [1.29, 1.82) is 0 Å². The number of hydrogen-bond donors (Lipinski definition) is 1. The van der Waals surface area contributed by atoms with E-state index in [2.05, 4.69) is 96.5 Å². The van der Waals surface area contributed by atoms with Gasteiger partial charge in [0.25, 0.3) is 0 Å². The first-order chi connectivity index (χ1) is 14.6. The van der Waals surface area contributed by atoms with E-state index in [-0.39, 0.29) is 0 Å². The summed E-state index contributed by atoms with van der Waals surface area (Å²) in [5, 5.41) is 0. The predicted molar refractivity (Wildman–Crippen MR) is 119 cm³/mol. The van der Waals surface area contributed by atoms with Gasteiger partial charge in [-0.05, 0) is 55.0 Å². The summed E-state index contributed by atoms with van der Waals surface area (Å²) < 4.78 is 0. The van der Waals surface area contributed by atoms with Crippen LogP contribution in [0.1, 0.15) is 49.7 Å². The first-order valence-corrected chi connectivity index (χ1v) is 10.7. The van der Waals surface area contributed by atoms with Gasteiger partial charge in [0.1, 0.15) is 0 Å². The van der Waals surface area contributed by atoms with Crippen molar-refractivity contribution in [3.8, 4) is 0 Å². The molecule has 6 nitrogen and oxygen atoms in total. The Morgan fingerprint density at radius 1 is 0.933 bits per heavy atom. The Morgan fingerprint density at radius 3 is 2.27 bits per heavy atom. The monoisotopic (exact) mass is 400 g/mol. The number of aromatic amines is 1. The molecule has 0 aliphatic carbocycles. The lowest BCUT2D eigenvalue weighted by Gasteiger charge is -2.25. The van der Waals surface area contributed by atoms with Crippen LogP contribution in [0.3, 0.4) is 0 Å². The zero-order chi connectivity index (χ0) is 20.8. The fourth-order valence-corrected chi connectivity index (χ4v) is 4.64. The fourth-order valence-electron chi connectivity index (χ4n) is 4.64. The SMILES string of the molecule is CCC1=C(C)/C2=C/c3[nH]c(c(CC)c3C)CN3[C]N(C=C3)CN3[C]N(C=C3)CC1=N2. The molecule has 0 atom stereocenters. The van der Waals surface area contributed by atoms with Crippen molar-refractivity contribution < 1.29 is 0 Å². The Kier molecular flexibility index (Phi) is 4.72. The average Bonchev–Trinajstić information content (AvgIpc) is 3.47. The van der Waals surface area contributed by atoms with Crippen molar-refractivity contribution in [3.63, 3.8) is 0 Å². The number of rotatable bonds is 2. The molecule has 1 aromatic rings. The lowest BCUT2D eigenvalue weighted by atomic mass is 10.0. The fraction of sp³-hybridized carbons (Fsp3) is 0.375. The molecule has 0 saturated carbocycles. The van der Waals surface area contributed by atoms with E-state index in [1.54, 1.807) is 0 Å². The second-order valence-electron chi connectivity index (χ2n) is 8.15. The number of hydrogen-bond acceptors (Lipinski definition) is 5. The van der Waals surface area contributed by atoms with E-state index in [0.29, 0.717) is 6.67 Å². The molecule has 4 aliphatic rings. The molecule has 6 heteroatoms. The number of fused-ring (bicyclic) bond motifs is 7. The summed E-state index contributed by atoms with van der Waals surface area (Å²) in [7, 11) is 0. The van der Waals surface area contributed by atoms with E-state index < -0.39 is 0 Å². The van der Waals surface area contributed by atoms with Crippen molar-refractivity contribution in [2.45, 2.75) is 47.1 Å². The Balaban J connectivity index is 1.57. The van der Waals surface area contributed by atoms with Gasteiger partial charge < -0.3 is 24.6 Å². The van der Waals surface area contributed by atoms with Gasteiger partial charge in [0.05, 0.1) is 31.2 Å². The minimum Gasteiger partial charge on any atom is -0.357 e. The van der Waals surface area contributed by atoms with Gasteiger partial charge in [-0.15, -0.1) is 0 Å². The third-order valence-electron chi connectivity index (χ3n) is 6.26. The molecule has 1 N–H and O–H groups in total. The summed E-state index contributed by atoms with van der Waals surface area (Å²) in [6.45, 7) is 17.9. The highest BCUT2D eigenvalue weighted by atomic mass is 15.4. The summed E-state index contributed by atoms with van der Waals surface area (Å²) >= 11 is 0. The molecule has 30 heavy (non-hydrogen) atoms. The molecular weight excluding hydrogens is 372 g/mol. The first kappa shape index (κ1) is 19.1. The van der Waals surface area contributed by atoms with E-state index in [0.717, 1.165) is 43.0 Å². The second kappa shape index (κ2) is 7.42. The van der Waals surface area contributed by atoms with Crippen LogP contribution in [0, 0.1) is 20.3 Å². The number of aromatic nitrogens is 1. The molecule has 0 unspecified atom stereocenters. The van der Waals surface area contributed by atoms with Gasteiger partial charge in [0, 0.05) is 36.2 Å². The molecule has 0 saturated heterocycles. The van der Waals surface area contributed by atoms with Crippen molar-refractivity contribution in [3.05, 3.63) is 77.5 Å². The van der Waals surface area contributed by atoms with Crippen molar-refractivity contribution in [1.82, 2.24) is 24.6 Å². The van der Waals surface area contributed by atoms with Gasteiger partial charge in [0.15, 0.2) is 0 Å². The maximum absolute atomic E-state index is 5.04. The summed E-state index contributed by atoms with van der Waals surface area (Å²) in [6.07, 6.45) is 12.5. The molecule has 4 radical (unpaired) electrons. The Hall–Kier alpha value is -2.89. The number of allylic oxidation sites excluding steroid dienone is 1. The van der Waals surface area contributed by atoms with E-state index in [4.69, 9.17) is 4.99 Å². The molecule has 0 spiro atoms. The maximum atomic E-state index is 5.04. The molecule has 0 amide bonds. The minimum absolute atomic E-state index is 0.683. The molecule has 0 fully saturated rings. The lowest BCUT2D eigenvalue weighted by molar-refractivity contribution is 0.239. The van der Waals surface area contributed by atoms with E-state index in [1.807, 2.05) is 0 Å². The van der Waals surface area contributed by atoms with Gasteiger partial charge in [0.2, 0.25) is 13.3 Å². The molecule has 1 aromatic heterocycles. The molecule has 5 rings (SSSR count). The first-order valence-electron chi connectivity index (χ1n) is 10.7. The zero-order valence-corrected chi connectivity index (χ0v) is 18.2. The van der Waals surface area contributed by atoms with Crippen LogP contribution in [0.2, 0.25) is 0 Å². The molecule has 154 valence electrons. The van der Waals surface area contributed by atoms with Gasteiger partial charge >= 0.3 is 0 Å². The van der Waals surface area contributed by atoms with Gasteiger partial charge in [-0.2, -0.15) is 0 Å². The summed E-state index contributed by atoms with van der Waals surface area (Å²) in [4.78, 5) is 17.0. The van der Waals surface area contributed by atoms with E-state index in [9.17, 15) is 0 Å². The Bertz CT molecular complexity index is 1010. The van der Waals surface area contributed by atoms with Crippen LogP contribution in [-0.4, -0.2) is 43.5 Å². The van der Waals surface area contributed by atoms with Crippen molar-refractivity contribution in [2.24, 2.45) is 4.99 Å². The molecule has 4 aliphatic heterocycles. The van der Waals surface area contributed by atoms with Gasteiger partial charge in [-0.1, -0.05) is 13.8 Å². The quantitative estimate of drug-likeness (QED) is 0.813. The van der Waals surface area contributed by atoms with Crippen LogP contribution in [0.5, 0.6) is 0 Å². The number of aliphatic imine (C=N–C) groups is 1. The van der Waals surface area contributed by atoms with Crippen LogP contribution >= 0.6 is 0 Å². The van der Waals surface area contributed by atoms with Crippen LogP contribution in [-0.2, 0) is 13.0 Å². The van der Waals surface area contributed by atoms with E-state index in [1.165, 1.54) is 28.0 Å². The highest BCUT2D eigenvalue weighted by Crippen LogP contribution is 2.32. The third kappa shape index (κ3) is 3.24. The minimum atomic E-state index is 0.683. The normalized spacial score (nSPS) is 22.4. The Morgan fingerprint density at radius 2 is 1.60 bits per heavy atom. The number of nitrogens with zero attached hydrogens (tertiary/aromatic N) is 5. The lowest BCUT2D eigenvalue weighted by Crippen LogP contribution is -2.31. The predicted octanol–water partition coefficient (Wildman–Crippen LogP) is 4.05. The summed E-state index contributed by atoms with van der Waals surface area (Å²) in [5.74, 6) is 0. The topological polar surface area (TPSA) is 41.1 Å². The highest BCUT2D eigenvalue weighted by Gasteiger charge is 2.26. The summed E-state index contributed by atoms with van der Waals surface area (Å²) in [5.41, 5.74) is 9.94. The van der Waals surface area contributed by atoms with Crippen LogP contribution in [0.25, 0.3) is 6.08 Å². The van der Waals surface area contributed by atoms with E-state index >= 15 is 0 Å². The van der Waals surface area contributed by atoms with Crippen LogP contribution in [0.4, 0.5) is 0 Å². The second-order valence-corrected chi connectivity index (χ2v) is 8.15. The summed E-state index contributed by atoms with van der Waals surface area (Å²) in [6, 6.07) is 0. The van der Waals surface area contributed by atoms with Gasteiger partial charge in [-0.25, -0.2) is 0 Å². The highest BCUT2D eigenvalue weighted by molar-refractivity contribution is 6.06. The smallest absolute Gasteiger partial charge is 0.209 e. The van der Waals surface area contributed by atoms with Crippen LogP contribution < -0.4 is 0 Å². The van der Waals surface area contributed by atoms with Crippen LogP contribution in [0.15, 0.2) is 46.6 Å². The van der Waals surface area contributed by atoms with Gasteiger partial charge in [-0.3, -0.25) is 4.99 Å². The average molecular weight is 401 g/mol. The number of H-pyrrole nitrogens is 1. The molecule has 0 aromatic carbocycles. The largest absolute Gasteiger partial charge is 0.357 e.